The van der Waals surface area contributed by atoms with Crippen molar-refractivity contribution in [1.82, 2.24) is 0 Å². The molecular weight excluding hydrogens is 215 g/mol. The first-order valence-electron chi connectivity index (χ1n) is 5.11. The fraction of sp³-hybridized carbons (Fsp3) is 0.500. The summed E-state index contributed by atoms with van der Waals surface area (Å²) in [6.45, 7) is 3.71. The van der Waals surface area contributed by atoms with Gasteiger partial charge >= 0.3 is 0 Å². The van der Waals surface area contributed by atoms with Gasteiger partial charge in [0.15, 0.2) is 0 Å². The fourth-order valence-electron chi connectivity index (χ4n) is 1.72. The highest BCUT2D eigenvalue weighted by molar-refractivity contribution is 6.30. The Morgan fingerprint density at radius 1 is 1.47 bits per heavy atom. The molecule has 15 heavy (non-hydrogen) atoms. The second-order valence-electron chi connectivity index (χ2n) is 4.14. The zero-order valence-electron chi connectivity index (χ0n) is 9.06. The Bertz CT molecular complexity index is 336. The highest BCUT2D eigenvalue weighted by Gasteiger charge is 2.21. The molecular formula is C12H16ClFO. The van der Waals surface area contributed by atoms with Crippen molar-refractivity contribution >= 4 is 11.6 Å². The maximum absolute atomic E-state index is 13.5. The SMILES string of the molecule is CCCC(C)(O)Cc1cccc(Cl)c1F. The second-order valence-corrected chi connectivity index (χ2v) is 4.54. The molecule has 1 rings (SSSR count). The van der Waals surface area contributed by atoms with E-state index < -0.39 is 11.4 Å². The van der Waals surface area contributed by atoms with Crippen LogP contribution in [-0.4, -0.2) is 10.7 Å². The molecule has 0 radical (unpaired) electrons. The van der Waals surface area contributed by atoms with E-state index in [9.17, 15) is 9.50 Å². The summed E-state index contributed by atoms with van der Waals surface area (Å²) in [7, 11) is 0. The van der Waals surface area contributed by atoms with E-state index in [2.05, 4.69) is 0 Å². The molecule has 0 spiro atoms. The molecule has 1 N–H and O–H groups in total. The molecule has 1 aromatic carbocycles. The highest BCUT2D eigenvalue weighted by Crippen LogP contribution is 2.24. The Hall–Kier alpha value is -0.600. The maximum atomic E-state index is 13.5. The third kappa shape index (κ3) is 3.47. The van der Waals surface area contributed by atoms with E-state index in [-0.39, 0.29) is 5.02 Å². The largest absolute Gasteiger partial charge is 0.390 e. The lowest BCUT2D eigenvalue weighted by molar-refractivity contribution is 0.0497. The van der Waals surface area contributed by atoms with Crippen LogP contribution in [-0.2, 0) is 6.42 Å². The topological polar surface area (TPSA) is 20.2 Å². The van der Waals surface area contributed by atoms with Crippen LogP contribution in [0.4, 0.5) is 4.39 Å². The van der Waals surface area contributed by atoms with Crippen LogP contribution in [0.5, 0.6) is 0 Å². The lowest BCUT2D eigenvalue weighted by Gasteiger charge is -2.23. The van der Waals surface area contributed by atoms with Gasteiger partial charge < -0.3 is 5.11 Å². The summed E-state index contributed by atoms with van der Waals surface area (Å²) in [5.74, 6) is -0.421. The van der Waals surface area contributed by atoms with Gasteiger partial charge in [-0.2, -0.15) is 0 Å². The van der Waals surface area contributed by atoms with Crippen LogP contribution < -0.4 is 0 Å². The van der Waals surface area contributed by atoms with Gasteiger partial charge in [0, 0.05) is 6.42 Å². The van der Waals surface area contributed by atoms with Crippen molar-refractivity contribution in [2.45, 2.75) is 38.7 Å². The smallest absolute Gasteiger partial charge is 0.145 e. The first-order chi connectivity index (χ1) is 6.96. The van der Waals surface area contributed by atoms with Crippen molar-refractivity contribution in [3.63, 3.8) is 0 Å². The highest BCUT2D eigenvalue weighted by atomic mass is 35.5. The molecule has 0 aromatic heterocycles. The van der Waals surface area contributed by atoms with Crippen LogP contribution >= 0.6 is 11.6 Å². The van der Waals surface area contributed by atoms with Gasteiger partial charge in [-0.25, -0.2) is 4.39 Å². The zero-order valence-corrected chi connectivity index (χ0v) is 9.81. The van der Waals surface area contributed by atoms with Crippen molar-refractivity contribution in [1.29, 1.82) is 0 Å². The summed E-state index contributed by atoms with van der Waals surface area (Å²) in [6, 6.07) is 4.86. The molecule has 0 heterocycles. The first kappa shape index (κ1) is 12.5. The van der Waals surface area contributed by atoms with Gasteiger partial charge in [0.1, 0.15) is 5.82 Å². The predicted molar refractivity (Wildman–Crippen MR) is 60.6 cm³/mol. The van der Waals surface area contributed by atoms with E-state index in [1.807, 2.05) is 6.92 Å². The van der Waals surface area contributed by atoms with Gasteiger partial charge in [-0.15, -0.1) is 0 Å². The number of hydrogen-bond acceptors (Lipinski definition) is 1. The van der Waals surface area contributed by atoms with Crippen LogP contribution in [0, 0.1) is 5.82 Å². The van der Waals surface area contributed by atoms with Crippen molar-refractivity contribution in [2.24, 2.45) is 0 Å². The lowest BCUT2D eigenvalue weighted by Crippen LogP contribution is -2.27. The molecule has 0 saturated heterocycles. The van der Waals surface area contributed by atoms with Crippen molar-refractivity contribution in [3.8, 4) is 0 Å². The Labute approximate surface area is 94.9 Å². The molecule has 0 bridgehead atoms. The summed E-state index contributed by atoms with van der Waals surface area (Å²) in [5.41, 5.74) is -0.388. The van der Waals surface area contributed by atoms with Gasteiger partial charge in [0.25, 0.3) is 0 Å². The number of benzene rings is 1. The van der Waals surface area contributed by atoms with Crippen molar-refractivity contribution in [2.75, 3.05) is 0 Å². The average Bonchev–Trinajstić information content (AvgIpc) is 2.12. The number of aliphatic hydroxyl groups is 1. The molecule has 0 fully saturated rings. The predicted octanol–water partition coefficient (Wildman–Crippen LogP) is 3.57. The standard InChI is InChI=1S/C12H16ClFO/c1-3-7-12(2,15)8-9-5-4-6-10(13)11(9)14/h4-6,15H,3,7-8H2,1-2H3. The fourth-order valence-corrected chi connectivity index (χ4v) is 1.92. The Morgan fingerprint density at radius 2 is 2.13 bits per heavy atom. The van der Waals surface area contributed by atoms with Gasteiger partial charge in [-0.1, -0.05) is 37.1 Å². The third-order valence-electron chi connectivity index (χ3n) is 2.39. The Balaban J connectivity index is 2.85. The zero-order chi connectivity index (χ0) is 11.5. The first-order valence-corrected chi connectivity index (χ1v) is 5.49. The average molecular weight is 231 g/mol. The molecule has 0 aliphatic heterocycles. The minimum atomic E-state index is -0.861. The minimum Gasteiger partial charge on any atom is -0.390 e. The van der Waals surface area contributed by atoms with Crippen LogP contribution in [0.3, 0.4) is 0 Å². The van der Waals surface area contributed by atoms with E-state index in [4.69, 9.17) is 11.6 Å². The van der Waals surface area contributed by atoms with E-state index in [0.29, 0.717) is 18.4 Å². The van der Waals surface area contributed by atoms with E-state index in [1.54, 1.807) is 19.1 Å². The third-order valence-corrected chi connectivity index (χ3v) is 2.68. The van der Waals surface area contributed by atoms with Gasteiger partial charge in [-0.3, -0.25) is 0 Å². The van der Waals surface area contributed by atoms with E-state index in [0.717, 1.165) is 6.42 Å². The number of hydrogen-bond donors (Lipinski definition) is 1. The van der Waals surface area contributed by atoms with E-state index >= 15 is 0 Å². The summed E-state index contributed by atoms with van der Waals surface area (Å²) in [4.78, 5) is 0. The molecule has 1 aromatic rings. The number of rotatable bonds is 4. The molecule has 0 saturated carbocycles. The van der Waals surface area contributed by atoms with Crippen molar-refractivity contribution < 1.29 is 9.50 Å². The second kappa shape index (κ2) is 4.95. The van der Waals surface area contributed by atoms with Crippen molar-refractivity contribution in [3.05, 3.63) is 34.6 Å². The molecule has 1 unspecified atom stereocenters. The van der Waals surface area contributed by atoms with Crippen LogP contribution in [0.15, 0.2) is 18.2 Å². The maximum Gasteiger partial charge on any atom is 0.145 e. The quantitative estimate of drug-likeness (QED) is 0.839. The molecule has 3 heteroatoms. The minimum absolute atomic E-state index is 0.111. The molecule has 1 nitrogen and oxygen atoms in total. The Kier molecular flexibility index (Phi) is 4.12. The van der Waals surface area contributed by atoms with E-state index in [1.165, 1.54) is 6.07 Å². The lowest BCUT2D eigenvalue weighted by atomic mass is 9.92. The monoisotopic (exact) mass is 230 g/mol. The van der Waals surface area contributed by atoms with Gasteiger partial charge in [0.2, 0.25) is 0 Å². The van der Waals surface area contributed by atoms with Gasteiger partial charge in [0.05, 0.1) is 10.6 Å². The van der Waals surface area contributed by atoms with Crippen LogP contribution in [0.25, 0.3) is 0 Å². The summed E-state index contributed by atoms with van der Waals surface area (Å²) in [6.07, 6.45) is 1.82. The summed E-state index contributed by atoms with van der Waals surface area (Å²) in [5, 5.41) is 10.1. The molecule has 1 atom stereocenters. The van der Waals surface area contributed by atoms with Crippen LogP contribution in [0.1, 0.15) is 32.3 Å². The molecule has 0 amide bonds. The summed E-state index contributed by atoms with van der Waals surface area (Å²) >= 11 is 5.66. The van der Waals surface area contributed by atoms with Crippen LogP contribution in [0.2, 0.25) is 5.02 Å². The van der Waals surface area contributed by atoms with Gasteiger partial charge in [-0.05, 0) is 25.0 Å². The molecule has 0 aliphatic carbocycles. The number of halogens is 2. The normalized spacial score (nSPS) is 15.0. The molecule has 0 aliphatic rings. The Morgan fingerprint density at radius 3 is 2.73 bits per heavy atom. The molecule has 84 valence electrons. The summed E-state index contributed by atoms with van der Waals surface area (Å²) < 4.78 is 13.5.